The molecule has 0 atom stereocenters. The van der Waals surface area contributed by atoms with Crippen LogP contribution in [-0.2, 0) is 9.59 Å². The molecular weight excluding hydrogens is 230 g/mol. The zero-order chi connectivity index (χ0) is 12.1. The first-order valence-corrected chi connectivity index (χ1v) is 4.85. The van der Waals surface area contributed by atoms with E-state index in [1.54, 1.807) is 25.1 Å². The number of carboxylic acids is 1. The molecule has 0 fully saturated rings. The Labute approximate surface area is 97.5 Å². The molecule has 1 aromatic carbocycles. The predicted molar refractivity (Wildman–Crippen MR) is 61.6 cm³/mol. The number of halogens is 1. The molecule has 0 aliphatic carbocycles. The first-order valence-electron chi connectivity index (χ1n) is 4.48. The van der Waals surface area contributed by atoms with Gasteiger partial charge in [0.1, 0.15) is 0 Å². The van der Waals surface area contributed by atoms with Crippen LogP contribution < -0.4 is 5.32 Å². The lowest BCUT2D eigenvalue weighted by atomic mass is 10.2. The van der Waals surface area contributed by atoms with Gasteiger partial charge >= 0.3 is 5.97 Å². The van der Waals surface area contributed by atoms with Crippen molar-refractivity contribution in [3.05, 3.63) is 40.9 Å². The fourth-order valence-corrected chi connectivity index (χ4v) is 1.24. The summed E-state index contributed by atoms with van der Waals surface area (Å²) < 4.78 is 0. The zero-order valence-electron chi connectivity index (χ0n) is 8.53. The van der Waals surface area contributed by atoms with Gasteiger partial charge in [-0.2, -0.15) is 0 Å². The predicted octanol–water partition coefficient (Wildman–Crippen LogP) is 2.23. The van der Waals surface area contributed by atoms with Crippen molar-refractivity contribution in [2.75, 3.05) is 5.32 Å². The molecule has 1 amide bonds. The molecule has 0 spiro atoms. The Morgan fingerprint density at radius 3 is 2.69 bits per heavy atom. The molecule has 4 nitrogen and oxygen atoms in total. The quantitative estimate of drug-likeness (QED) is 0.795. The van der Waals surface area contributed by atoms with Gasteiger partial charge in [-0.1, -0.05) is 17.7 Å². The van der Waals surface area contributed by atoms with Crippen LogP contribution in [0.1, 0.15) is 5.56 Å². The molecule has 0 unspecified atom stereocenters. The van der Waals surface area contributed by atoms with Gasteiger partial charge < -0.3 is 10.4 Å². The van der Waals surface area contributed by atoms with E-state index in [1.807, 2.05) is 0 Å². The second-order valence-corrected chi connectivity index (χ2v) is 3.48. The third-order valence-electron chi connectivity index (χ3n) is 1.90. The molecule has 16 heavy (non-hydrogen) atoms. The van der Waals surface area contributed by atoms with Crippen LogP contribution in [0.5, 0.6) is 0 Å². The number of carbonyl (C=O) groups is 2. The Bertz CT molecular complexity index is 455. The van der Waals surface area contributed by atoms with Crippen molar-refractivity contribution in [3.8, 4) is 0 Å². The Kier molecular flexibility index (Phi) is 4.08. The first kappa shape index (κ1) is 12.3. The fourth-order valence-electron chi connectivity index (χ4n) is 1.06. The van der Waals surface area contributed by atoms with Gasteiger partial charge in [-0.3, -0.25) is 4.79 Å². The maximum absolute atomic E-state index is 11.3. The fraction of sp³-hybridized carbons (Fsp3) is 0.0909. The number of carboxylic acid groups (broad SMARTS) is 1. The van der Waals surface area contributed by atoms with E-state index < -0.39 is 11.9 Å². The van der Waals surface area contributed by atoms with Gasteiger partial charge in [-0.05, 0) is 24.6 Å². The van der Waals surface area contributed by atoms with Crippen LogP contribution in [0.15, 0.2) is 30.4 Å². The summed E-state index contributed by atoms with van der Waals surface area (Å²) in [6.07, 6.45) is 1.72. The highest BCUT2D eigenvalue weighted by Gasteiger charge is 2.04. The van der Waals surface area contributed by atoms with E-state index in [0.29, 0.717) is 10.7 Å². The molecule has 2 N–H and O–H groups in total. The Morgan fingerprint density at radius 1 is 1.38 bits per heavy atom. The summed E-state index contributed by atoms with van der Waals surface area (Å²) in [4.78, 5) is 21.5. The minimum Gasteiger partial charge on any atom is -0.478 e. The SMILES string of the molecule is Cc1c(Cl)cccc1NC(=O)C=CC(=O)O. The van der Waals surface area contributed by atoms with Crippen LogP contribution in [0.3, 0.4) is 0 Å². The summed E-state index contributed by atoms with van der Waals surface area (Å²) in [5.74, 6) is -1.68. The monoisotopic (exact) mass is 239 g/mol. The van der Waals surface area contributed by atoms with Crippen LogP contribution in [-0.4, -0.2) is 17.0 Å². The molecule has 5 heteroatoms. The molecule has 0 radical (unpaired) electrons. The van der Waals surface area contributed by atoms with Gasteiger partial charge in [0.15, 0.2) is 0 Å². The van der Waals surface area contributed by atoms with Crippen LogP contribution in [0.25, 0.3) is 0 Å². The molecule has 0 saturated carbocycles. The standard InChI is InChI=1S/C11H10ClNO3/c1-7-8(12)3-2-4-9(7)13-10(14)5-6-11(15)16/h2-6H,1H3,(H,13,14)(H,15,16). The van der Waals surface area contributed by atoms with E-state index in [9.17, 15) is 9.59 Å². The second kappa shape index (κ2) is 5.32. The Balaban J connectivity index is 2.78. The molecule has 0 aliphatic heterocycles. The minimum absolute atomic E-state index is 0.507. The van der Waals surface area contributed by atoms with Crippen molar-refractivity contribution < 1.29 is 14.7 Å². The summed E-state index contributed by atoms with van der Waals surface area (Å²) in [5, 5.41) is 11.4. The highest BCUT2D eigenvalue weighted by Crippen LogP contribution is 2.22. The number of aliphatic carboxylic acids is 1. The van der Waals surface area contributed by atoms with Crippen LogP contribution in [0, 0.1) is 6.92 Å². The van der Waals surface area contributed by atoms with Crippen molar-refractivity contribution in [1.82, 2.24) is 0 Å². The summed E-state index contributed by atoms with van der Waals surface area (Å²) in [7, 11) is 0. The maximum atomic E-state index is 11.3. The van der Waals surface area contributed by atoms with E-state index in [0.717, 1.165) is 17.7 Å². The summed E-state index contributed by atoms with van der Waals surface area (Å²) in [6.45, 7) is 1.76. The lowest BCUT2D eigenvalue weighted by Gasteiger charge is -2.07. The largest absolute Gasteiger partial charge is 0.478 e. The third-order valence-corrected chi connectivity index (χ3v) is 2.31. The lowest BCUT2D eigenvalue weighted by Crippen LogP contribution is -2.09. The number of rotatable bonds is 3. The molecule has 84 valence electrons. The van der Waals surface area contributed by atoms with Gasteiger partial charge in [0.05, 0.1) is 0 Å². The number of amides is 1. The molecule has 0 aliphatic rings. The summed E-state index contributed by atoms with van der Waals surface area (Å²) in [5.41, 5.74) is 1.30. The topological polar surface area (TPSA) is 66.4 Å². The normalized spacial score (nSPS) is 10.4. The molecule has 1 rings (SSSR count). The molecule has 0 bridgehead atoms. The molecule has 0 heterocycles. The van der Waals surface area contributed by atoms with Crippen molar-refractivity contribution in [2.24, 2.45) is 0 Å². The van der Waals surface area contributed by atoms with Crippen molar-refractivity contribution in [3.63, 3.8) is 0 Å². The smallest absolute Gasteiger partial charge is 0.328 e. The van der Waals surface area contributed by atoms with Crippen LogP contribution >= 0.6 is 11.6 Å². The van der Waals surface area contributed by atoms with E-state index >= 15 is 0 Å². The summed E-state index contributed by atoms with van der Waals surface area (Å²) in [6, 6.07) is 5.10. The Morgan fingerprint density at radius 2 is 2.06 bits per heavy atom. The molecule has 0 aromatic heterocycles. The Hall–Kier alpha value is -1.81. The van der Waals surface area contributed by atoms with Gasteiger partial charge in [-0.15, -0.1) is 0 Å². The highest BCUT2D eigenvalue weighted by molar-refractivity contribution is 6.31. The molecule has 0 saturated heterocycles. The molecule has 1 aromatic rings. The van der Waals surface area contributed by atoms with E-state index in [4.69, 9.17) is 16.7 Å². The number of hydrogen-bond donors (Lipinski definition) is 2. The maximum Gasteiger partial charge on any atom is 0.328 e. The number of hydrogen-bond acceptors (Lipinski definition) is 2. The third kappa shape index (κ3) is 3.40. The van der Waals surface area contributed by atoms with Crippen molar-refractivity contribution in [1.29, 1.82) is 0 Å². The van der Waals surface area contributed by atoms with Gasteiger partial charge in [0.2, 0.25) is 5.91 Å². The zero-order valence-corrected chi connectivity index (χ0v) is 9.28. The second-order valence-electron chi connectivity index (χ2n) is 3.07. The highest BCUT2D eigenvalue weighted by atomic mass is 35.5. The summed E-state index contributed by atoms with van der Waals surface area (Å²) >= 11 is 5.86. The number of nitrogens with one attached hydrogen (secondary N) is 1. The van der Waals surface area contributed by atoms with Gasteiger partial charge in [0, 0.05) is 22.9 Å². The number of carbonyl (C=O) groups excluding carboxylic acids is 1. The first-order chi connectivity index (χ1) is 7.50. The van der Waals surface area contributed by atoms with Crippen LogP contribution in [0.2, 0.25) is 5.02 Å². The van der Waals surface area contributed by atoms with Gasteiger partial charge in [0.25, 0.3) is 0 Å². The average molecular weight is 240 g/mol. The van der Waals surface area contributed by atoms with E-state index in [-0.39, 0.29) is 0 Å². The van der Waals surface area contributed by atoms with Crippen molar-refractivity contribution >= 4 is 29.2 Å². The van der Waals surface area contributed by atoms with E-state index in [2.05, 4.69) is 5.32 Å². The number of anilines is 1. The van der Waals surface area contributed by atoms with Crippen molar-refractivity contribution in [2.45, 2.75) is 6.92 Å². The minimum atomic E-state index is -1.17. The van der Waals surface area contributed by atoms with Crippen LogP contribution in [0.4, 0.5) is 5.69 Å². The number of benzene rings is 1. The molecular formula is C11H10ClNO3. The van der Waals surface area contributed by atoms with E-state index in [1.165, 1.54) is 0 Å². The van der Waals surface area contributed by atoms with Gasteiger partial charge in [-0.25, -0.2) is 4.79 Å². The average Bonchev–Trinajstić information content (AvgIpc) is 2.22. The lowest BCUT2D eigenvalue weighted by molar-refractivity contribution is -0.131.